The average molecular weight is 257 g/mol. The van der Waals surface area contributed by atoms with Gasteiger partial charge >= 0.3 is 0 Å². The first-order valence-corrected chi connectivity index (χ1v) is 5.90. The largest absolute Gasteiger partial charge is 0.322 e. The second-order valence-electron chi connectivity index (χ2n) is 4.31. The van der Waals surface area contributed by atoms with Gasteiger partial charge in [0.2, 0.25) is 0 Å². The second-order valence-corrected chi connectivity index (χ2v) is 4.31. The highest BCUT2D eigenvalue weighted by Crippen LogP contribution is 2.25. The summed E-state index contributed by atoms with van der Waals surface area (Å²) in [5.41, 5.74) is 14.0. The van der Waals surface area contributed by atoms with Crippen LogP contribution in [0.5, 0.6) is 0 Å². The molecule has 0 spiro atoms. The topological polar surface area (TPSA) is 95.2 Å². The summed E-state index contributed by atoms with van der Waals surface area (Å²) in [5.74, 6) is 0. The lowest BCUT2D eigenvalue weighted by atomic mass is 9.95. The molecule has 4 N–H and O–H groups in total. The van der Waals surface area contributed by atoms with E-state index in [1.54, 1.807) is 12.1 Å². The van der Waals surface area contributed by atoms with Crippen LogP contribution >= 0.6 is 0 Å². The molecule has 0 saturated heterocycles. The van der Waals surface area contributed by atoms with Crippen LogP contribution in [0.15, 0.2) is 54.6 Å². The fourth-order valence-electron chi connectivity index (χ4n) is 1.91. The van der Waals surface area contributed by atoms with Crippen molar-refractivity contribution in [1.82, 2.24) is 0 Å². The fourth-order valence-corrected chi connectivity index (χ4v) is 1.91. The quantitative estimate of drug-likeness (QED) is 0.649. The molecule has 19 heavy (non-hydrogen) atoms. The minimum absolute atomic E-state index is 0.0456. The van der Waals surface area contributed by atoms with Crippen LogP contribution in [0.4, 0.5) is 5.69 Å². The SMILES string of the molecule is N[C@@H](c1ccccc1)[C@@H](N)c1ccc([N+](=O)[O-])cc1. The lowest BCUT2D eigenvalue weighted by Gasteiger charge is -2.20. The van der Waals surface area contributed by atoms with E-state index < -0.39 is 11.0 Å². The second kappa shape index (κ2) is 5.60. The predicted octanol–water partition coefficient (Wildman–Crippen LogP) is 2.29. The smallest absolute Gasteiger partial charge is 0.269 e. The Morgan fingerprint density at radius 3 is 1.79 bits per heavy atom. The number of hydrogen-bond donors (Lipinski definition) is 2. The number of non-ortho nitro benzene ring substituents is 1. The molecule has 0 unspecified atom stereocenters. The van der Waals surface area contributed by atoms with Gasteiger partial charge in [-0.1, -0.05) is 42.5 Å². The van der Waals surface area contributed by atoms with E-state index in [1.807, 2.05) is 30.3 Å². The number of rotatable bonds is 4. The Labute approximate surface area is 111 Å². The Balaban J connectivity index is 2.19. The first-order chi connectivity index (χ1) is 9.09. The van der Waals surface area contributed by atoms with Gasteiger partial charge in [-0.3, -0.25) is 10.1 Å². The lowest BCUT2D eigenvalue weighted by Crippen LogP contribution is -2.26. The van der Waals surface area contributed by atoms with E-state index in [0.717, 1.165) is 11.1 Å². The van der Waals surface area contributed by atoms with Crippen molar-refractivity contribution in [2.45, 2.75) is 12.1 Å². The summed E-state index contributed by atoms with van der Waals surface area (Å²) in [5, 5.41) is 10.6. The molecule has 0 radical (unpaired) electrons. The van der Waals surface area contributed by atoms with Crippen molar-refractivity contribution in [1.29, 1.82) is 0 Å². The van der Waals surface area contributed by atoms with E-state index in [4.69, 9.17) is 11.5 Å². The number of nitro benzene ring substituents is 1. The molecule has 2 atom stereocenters. The van der Waals surface area contributed by atoms with Gasteiger partial charge in [-0.05, 0) is 11.1 Å². The summed E-state index contributed by atoms with van der Waals surface area (Å²) in [6, 6.07) is 15.0. The summed E-state index contributed by atoms with van der Waals surface area (Å²) in [4.78, 5) is 10.1. The zero-order chi connectivity index (χ0) is 13.8. The van der Waals surface area contributed by atoms with Crippen LogP contribution in [0.1, 0.15) is 23.2 Å². The Kier molecular flexibility index (Phi) is 3.89. The Hall–Kier alpha value is -2.24. The van der Waals surface area contributed by atoms with Crippen molar-refractivity contribution < 1.29 is 4.92 Å². The van der Waals surface area contributed by atoms with Crippen LogP contribution in [0.25, 0.3) is 0 Å². The molecule has 0 bridgehead atoms. The molecule has 0 fully saturated rings. The lowest BCUT2D eigenvalue weighted by molar-refractivity contribution is -0.384. The van der Waals surface area contributed by atoms with Crippen LogP contribution in [0.2, 0.25) is 0 Å². The van der Waals surface area contributed by atoms with E-state index in [1.165, 1.54) is 12.1 Å². The number of nitrogens with two attached hydrogens (primary N) is 2. The van der Waals surface area contributed by atoms with E-state index in [9.17, 15) is 10.1 Å². The third-order valence-electron chi connectivity index (χ3n) is 3.06. The van der Waals surface area contributed by atoms with Crippen molar-refractivity contribution >= 4 is 5.69 Å². The minimum Gasteiger partial charge on any atom is -0.322 e. The van der Waals surface area contributed by atoms with Gasteiger partial charge in [-0.25, -0.2) is 0 Å². The minimum atomic E-state index is -0.438. The van der Waals surface area contributed by atoms with Crippen molar-refractivity contribution in [3.8, 4) is 0 Å². The molecule has 0 aliphatic carbocycles. The maximum absolute atomic E-state index is 10.6. The molecule has 0 saturated carbocycles. The van der Waals surface area contributed by atoms with Gasteiger partial charge in [0.05, 0.1) is 4.92 Å². The zero-order valence-electron chi connectivity index (χ0n) is 10.3. The third-order valence-corrected chi connectivity index (χ3v) is 3.06. The summed E-state index contributed by atoms with van der Waals surface area (Å²) < 4.78 is 0. The molecule has 0 aliphatic heterocycles. The number of hydrogen-bond acceptors (Lipinski definition) is 4. The first-order valence-electron chi connectivity index (χ1n) is 5.90. The molecule has 0 amide bonds. The molecule has 0 aromatic heterocycles. The van der Waals surface area contributed by atoms with Crippen LogP contribution < -0.4 is 11.5 Å². The van der Waals surface area contributed by atoms with E-state index in [-0.39, 0.29) is 11.7 Å². The van der Waals surface area contributed by atoms with Gasteiger partial charge in [0.1, 0.15) is 0 Å². The van der Waals surface area contributed by atoms with Crippen molar-refractivity contribution in [2.75, 3.05) is 0 Å². The van der Waals surface area contributed by atoms with Gasteiger partial charge in [0, 0.05) is 24.2 Å². The summed E-state index contributed by atoms with van der Waals surface area (Å²) >= 11 is 0. The van der Waals surface area contributed by atoms with Crippen LogP contribution in [0, 0.1) is 10.1 Å². The highest BCUT2D eigenvalue weighted by atomic mass is 16.6. The van der Waals surface area contributed by atoms with Gasteiger partial charge in [0.25, 0.3) is 5.69 Å². The van der Waals surface area contributed by atoms with Crippen LogP contribution in [-0.2, 0) is 0 Å². The normalized spacial score (nSPS) is 13.8. The summed E-state index contributed by atoms with van der Waals surface area (Å²) in [6.45, 7) is 0. The van der Waals surface area contributed by atoms with Crippen LogP contribution in [-0.4, -0.2) is 4.92 Å². The molecule has 2 rings (SSSR count). The molecule has 5 nitrogen and oxygen atoms in total. The van der Waals surface area contributed by atoms with E-state index in [2.05, 4.69) is 0 Å². The van der Waals surface area contributed by atoms with Crippen molar-refractivity contribution in [3.63, 3.8) is 0 Å². The highest BCUT2D eigenvalue weighted by Gasteiger charge is 2.17. The molecular weight excluding hydrogens is 242 g/mol. The first kappa shape index (κ1) is 13.2. The standard InChI is InChI=1S/C14H15N3O2/c15-13(10-4-2-1-3-5-10)14(16)11-6-8-12(9-7-11)17(18)19/h1-9,13-14H,15-16H2/t13-,14-/m0/s1. The molecule has 2 aromatic rings. The van der Waals surface area contributed by atoms with Gasteiger partial charge in [-0.2, -0.15) is 0 Å². The Bertz CT molecular complexity index is 555. The highest BCUT2D eigenvalue weighted by molar-refractivity contribution is 5.35. The van der Waals surface area contributed by atoms with Crippen molar-refractivity contribution in [2.24, 2.45) is 11.5 Å². The fraction of sp³-hybridized carbons (Fsp3) is 0.143. The number of benzene rings is 2. The molecular formula is C14H15N3O2. The molecule has 5 heteroatoms. The average Bonchev–Trinajstić information content (AvgIpc) is 2.46. The van der Waals surface area contributed by atoms with Gasteiger partial charge in [-0.15, -0.1) is 0 Å². The third kappa shape index (κ3) is 2.96. The predicted molar refractivity (Wildman–Crippen MR) is 73.4 cm³/mol. The van der Waals surface area contributed by atoms with Gasteiger partial charge < -0.3 is 11.5 Å². The molecule has 0 heterocycles. The monoisotopic (exact) mass is 257 g/mol. The van der Waals surface area contributed by atoms with Crippen LogP contribution in [0.3, 0.4) is 0 Å². The Morgan fingerprint density at radius 1 is 0.842 bits per heavy atom. The Morgan fingerprint density at radius 2 is 1.32 bits per heavy atom. The van der Waals surface area contributed by atoms with Gasteiger partial charge in [0.15, 0.2) is 0 Å². The molecule has 0 aliphatic rings. The maximum atomic E-state index is 10.6. The summed E-state index contributed by atoms with van der Waals surface area (Å²) in [7, 11) is 0. The zero-order valence-corrected chi connectivity index (χ0v) is 10.3. The van der Waals surface area contributed by atoms with E-state index >= 15 is 0 Å². The number of nitrogens with zero attached hydrogens (tertiary/aromatic N) is 1. The molecule has 2 aromatic carbocycles. The number of nitro groups is 1. The summed E-state index contributed by atoms with van der Waals surface area (Å²) in [6.07, 6.45) is 0. The van der Waals surface area contributed by atoms with E-state index in [0.29, 0.717) is 0 Å². The molecule has 98 valence electrons. The maximum Gasteiger partial charge on any atom is 0.269 e. The van der Waals surface area contributed by atoms with Crippen molar-refractivity contribution in [3.05, 3.63) is 75.8 Å².